The molecule has 1 aromatic heterocycles. The fourth-order valence-corrected chi connectivity index (χ4v) is 4.64. The van der Waals surface area contributed by atoms with Crippen molar-refractivity contribution in [3.8, 4) is 11.1 Å². The Hall–Kier alpha value is -2.99. The van der Waals surface area contributed by atoms with Crippen LogP contribution in [0.1, 0.15) is 24.5 Å². The Kier molecular flexibility index (Phi) is 5.79. The maximum absolute atomic E-state index is 11.2. The first kappa shape index (κ1) is 20.9. The molecule has 5 heteroatoms. The average Bonchev–Trinajstić information content (AvgIpc) is 3.24. The molecule has 5 nitrogen and oxygen atoms in total. The Bertz CT molecular complexity index is 1160. The van der Waals surface area contributed by atoms with E-state index in [9.17, 15) is 10.2 Å². The first-order valence-electron chi connectivity index (χ1n) is 11.3. The second-order valence-corrected chi connectivity index (χ2v) is 8.89. The Morgan fingerprint density at radius 2 is 1.50 bits per heavy atom. The molecular weight excluding hydrogens is 398 g/mol. The number of aromatic nitrogens is 2. The van der Waals surface area contributed by atoms with E-state index in [4.69, 9.17) is 0 Å². The summed E-state index contributed by atoms with van der Waals surface area (Å²) in [6.07, 6.45) is 2.64. The van der Waals surface area contributed by atoms with Crippen molar-refractivity contribution < 1.29 is 10.2 Å². The molecule has 1 fully saturated rings. The van der Waals surface area contributed by atoms with Gasteiger partial charge in [0, 0.05) is 19.6 Å². The van der Waals surface area contributed by atoms with Crippen LogP contribution in [0.25, 0.3) is 22.2 Å². The molecule has 3 aromatic carbocycles. The van der Waals surface area contributed by atoms with Crippen molar-refractivity contribution >= 4 is 11.0 Å². The predicted molar refractivity (Wildman–Crippen MR) is 127 cm³/mol. The largest absolute Gasteiger partial charge is 0.388 e. The van der Waals surface area contributed by atoms with Crippen molar-refractivity contribution in [2.24, 2.45) is 0 Å². The molecule has 0 bridgehead atoms. The number of hydrogen-bond donors (Lipinski definition) is 2. The van der Waals surface area contributed by atoms with E-state index < -0.39 is 11.7 Å². The van der Waals surface area contributed by atoms with Gasteiger partial charge >= 0.3 is 0 Å². The molecule has 2 heterocycles. The van der Waals surface area contributed by atoms with Gasteiger partial charge in [-0.25, -0.2) is 4.98 Å². The molecule has 1 aliphatic heterocycles. The average molecular weight is 428 g/mol. The van der Waals surface area contributed by atoms with Gasteiger partial charge in [0.2, 0.25) is 0 Å². The summed E-state index contributed by atoms with van der Waals surface area (Å²) in [4.78, 5) is 6.68. The van der Waals surface area contributed by atoms with E-state index in [1.165, 1.54) is 5.56 Å². The van der Waals surface area contributed by atoms with Crippen LogP contribution >= 0.6 is 0 Å². The third-order valence-electron chi connectivity index (χ3n) is 6.61. The number of piperidine rings is 1. The fraction of sp³-hybridized carbons (Fsp3) is 0.296. The number of aliphatic hydroxyl groups is 2. The molecule has 0 aliphatic carbocycles. The summed E-state index contributed by atoms with van der Waals surface area (Å²) >= 11 is 0. The molecule has 0 spiro atoms. The lowest BCUT2D eigenvalue weighted by atomic mass is 9.90. The lowest BCUT2D eigenvalue weighted by molar-refractivity contribution is -0.0408. The first-order chi connectivity index (χ1) is 15.6. The number of para-hydroxylation sites is 2. The van der Waals surface area contributed by atoms with E-state index in [0.29, 0.717) is 25.9 Å². The van der Waals surface area contributed by atoms with Gasteiger partial charge in [-0.2, -0.15) is 0 Å². The molecule has 1 saturated heterocycles. The minimum atomic E-state index is -0.748. The Morgan fingerprint density at radius 3 is 2.25 bits per heavy atom. The number of β-amino-alcohol motifs (C(OH)–C–C–N with tert-alkyl or cyclic N) is 1. The van der Waals surface area contributed by atoms with Crippen molar-refractivity contribution in [1.82, 2.24) is 14.5 Å². The summed E-state index contributed by atoms with van der Waals surface area (Å²) in [5.41, 5.74) is 4.51. The van der Waals surface area contributed by atoms with Crippen LogP contribution in [0.4, 0.5) is 0 Å². The van der Waals surface area contributed by atoms with Crippen molar-refractivity contribution in [1.29, 1.82) is 0 Å². The molecule has 4 aromatic rings. The third-order valence-corrected chi connectivity index (χ3v) is 6.61. The van der Waals surface area contributed by atoms with Gasteiger partial charge in [0.25, 0.3) is 0 Å². The van der Waals surface area contributed by atoms with Crippen molar-refractivity contribution in [2.45, 2.75) is 31.1 Å². The van der Waals surface area contributed by atoms with Crippen molar-refractivity contribution in [3.05, 3.63) is 90.8 Å². The van der Waals surface area contributed by atoms with E-state index in [-0.39, 0.29) is 0 Å². The van der Waals surface area contributed by atoms with Crippen LogP contribution in [0, 0.1) is 0 Å². The number of hydrogen-bond acceptors (Lipinski definition) is 4. The maximum atomic E-state index is 11.2. The van der Waals surface area contributed by atoms with Gasteiger partial charge in [-0.1, -0.05) is 66.7 Å². The van der Waals surface area contributed by atoms with E-state index in [0.717, 1.165) is 35.2 Å². The summed E-state index contributed by atoms with van der Waals surface area (Å²) in [6.45, 7) is 2.66. The Labute approximate surface area is 188 Å². The van der Waals surface area contributed by atoms with E-state index in [1.54, 1.807) is 0 Å². The summed E-state index contributed by atoms with van der Waals surface area (Å²) in [6, 6.07) is 26.4. The highest BCUT2D eigenvalue weighted by Crippen LogP contribution is 2.28. The summed E-state index contributed by atoms with van der Waals surface area (Å²) in [7, 11) is 0. The van der Waals surface area contributed by atoms with Crippen LogP contribution in [-0.2, 0) is 6.54 Å². The topological polar surface area (TPSA) is 61.5 Å². The van der Waals surface area contributed by atoms with Gasteiger partial charge in [0.15, 0.2) is 0 Å². The van der Waals surface area contributed by atoms with Crippen molar-refractivity contribution in [2.75, 3.05) is 19.6 Å². The highest BCUT2D eigenvalue weighted by Gasteiger charge is 2.33. The smallest absolute Gasteiger partial charge is 0.0959 e. The van der Waals surface area contributed by atoms with Crippen LogP contribution in [0.3, 0.4) is 0 Å². The van der Waals surface area contributed by atoms with Gasteiger partial charge < -0.3 is 19.7 Å². The lowest BCUT2D eigenvalue weighted by Crippen LogP contribution is -2.47. The van der Waals surface area contributed by atoms with E-state index in [1.807, 2.05) is 65.5 Å². The number of aliphatic hydroxyl groups excluding tert-OH is 1. The fourth-order valence-electron chi connectivity index (χ4n) is 4.64. The zero-order valence-corrected chi connectivity index (χ0v) is 18.1. The predicted octanol–water partition coefficient (Wildman–Crippen LogP) is 4.26. The van der Waals surface area contributed by atoms with Crippen LogP contribution in [-0.4, -0.2) is 49.9 Å². The number of fused-ring (bicyclic) bond motifs is 1. The monoisotopic (exact) mass is 427 g/mol. The van der Waals surface area contributed by atoms with Crippen LogP contribution in [0.2, 0.25) is 0 Å². The molecule has 0 amide bonds. The van der Waals surface area contributed by atoms with Gasteiger partial charge in [-0.05, 0) is 41.7 Å². The second kappa shape index (κ2) is 8.87. The number of likely N-dealkylation sites (tertiary alicyclic amines) is 1. The Morgan fingerprint density at radius 1 is 0.844 bits per heavy atom. The maximum Gasteiger partial charge on any atom is 0.0959 e. The number of benzene rings is 3. The van der Waals surface area contributed by atoms with E-state index >= 15 is 0 Å². The molecule has 164 valence electrons. The molecule has 1 atom stereocenters. The molecular formula is C27H29N3O2. The van der Waals surface area contributed by atoms with Crippen LogP contribution in [0.15, 0.2) is 85.2 Å². The number of imidazole rings is 1. The molecule has 0 radical (unpaired) electrons. The van der Waals surface area contributed by atoms with Gasteiger partial charge in [0.1, 0.15) is 0 Å². The summed E-state index contributed by atoms with van der Waals surface area (Å²) in [5.74, 6) is 0. The zero-order valence-electron chi connectivity index (χ0n) is 18.1. The lowest BCUT2D eigenvalue weighted by Gasteiger charge is -2.39. The highest BCUT2D eigenvalue weighted by molar-refractivity contribution is 5.74. The molecule has 5 rings (SSSR count). The van der Waals surface area contributed by atoms with E-state index in [2.05, 4.69) is 34.1 Å². The molecule has 1 aliphatic rings. The van der Waals surface area contributed by atoms with Crippen LogP contribution in [0.5, 0.6) is 0 Å². The zero-order chi connectivity index (χ0) is 22.0. The van der Waals surface area contributed by atoms with Crippen molar-refractivity contribution in [3.63, 3.8) is 0 Å². The quantitative estimate of drug-likeness (QED) is 0.483. The first-order valence-corrected chi connectivity index (χ1v) is 11.3. The highest BCUT2D eigenvalue weighted by atomic mass is 16.3. The normalized spacial score (nSPS) is 17.4. The molecule has 32 heavy (non-hydrogen) atoms. The van der Waals surface area contributed by atoms with Crippen LogP contribution < -0.4 is 0 Å². The molecule has 2 N–H and O–H groups in total. The van der Waals surface area contributed by atoms with Gasteiger partial charge in [0.05, 0.1) is 35.6 Å². The second-order valence-electron chi connectivity index (χ2n) is 8.89. The number of rotatable bonds is 6. The molecule has 0 saturated carbocycles. The third kappa shape index (κ3) is 4.46. The summed E-state index contributed by atoms with van der Waals surface area (Å²) in [5, 5.41) is 21.9. The molecule has 1 unspecified atom stereocenters. The Balaban J connectivity index is 1.17. The number of nitrogens with zero attached hydrogens (tertiary/aromatic N) is 3. The minimum Gasteiger partial charge on any atom is -0.388 e. The SMILES string of the molecule is OC(CN1CCC(O)(Cn2cnc3ccccc32)CC1)c1ccc(-c2ccccc2)cc1. The standard InChI is InChI=1S/C27H29N3O2/c31-26(23-12-10-22(11-13-23)21-6-2-1-3-7-21)18-29-16-14-27(32,15-17-29)19-30-20-28-24-8-4-5-9-25(24)30/h1-13,20,26,31-32H,14-19H2. The van der Waals surface area contributed by atoms with Gasteiger partial charge in [-0.3, -0.25) is 0 Å². The van der Waals surface area contributed by atoms with Gasteiger partial charge in [-0.15, -0.1) is 0 Å². The summed E-state index contributed by atoms with van der Waals surface area (Å²) < 4.78 is 2.05. The minimum absolute atomic E-state index is 0.538.